The lowest BCUT2D eigenvalue weighted by Gasteiger charge is -2.15. The normalized spacial score (nSPS) is 13.2. The van der Waals surface area contributed by atoms with Crippen molar-refractivity contribution >= 4 is 27.6 Å². The van der Waals surface area contributed by atoms with Crippen molar-refractivity contribution in [3.8, 4) is 0 Å². The third-order valence-electron chi connectivity index (χ3n) is 3.55. The number of thiophene rings is 1. The van der Waals surface area contributed by atoms with Crippen molar-refractivity contribution in [3.63, 3.8) is 0 Å². The number of nitrogens with one attached hydrogen (secondary N) is 1. The number of aromatic nitrogens is 2. The van der Waals surface area contributed by atoms with Crippen LogP contribution in [0.5, 0.6) is 0 Å². The van der Waals surface area contributed by atoms with E-state index in [9.17, 15) is 0 Å². The standard InChI is InChI=1S/C15H19N3S2/c1-4-12(14-6-5-7-19-14)16-8-13-11(3)17-15-18(13)9-10(2)20-15/h5-7,9,12,16H,4,8H2,1-3H3. The van der Waals surface area contributed by atoms with Crippen LogP contribution >= 0.6 is 22.7 Å². The first-order valence-electron chi connectivity index (χ1n) is 6.89. The van der Waals surface area contributed by atoms with E-state index in [2.05, 4.69) is 59.2 Å². The summed E-state index contributed by atoms with van der Waals surface area (Å²) in [5, 5.41) is 5.81. The Morgan fingerprint density at radius 2 is 2.25 bits per heavy atom. The van der Waals surface area contributed by atoms with Gasteiger partial charge >= 0.3 is 0 Å². The van der Waals surface area contributed by atoms with Gasteiger partial charge in [0.2, 0.25) is 0 Å². The molecule has 0 saturated carbocycles. The Kier molecular flexibility index (Phi) is 3.92. The molecule has 20 heavy (non-hydrogen) atoms. The number of hydrogen-bond donors (Lipinski definition) is 1. The number of aryl methyl sites for hydroxylation is 2. The summed E-state index contributed by atoms with van der Waals surface area (Å²) in [4.78, 5) is 8.46. The molecule has 0 aliphatic rings. The second-order valence-electron chi connectivity index (χ2n) is 5.00. The molecule has 106 valence electrons. The Hall–Kier alpha value is -1.17. The summed E-state index contributed by atoms with van der Waals surface area (Å²) in [6, 6.07) is 4.76. The lowest BCUT2D eigenvalue weighted by molar-refractivity contribution is 0.519. The highest BCUT2D eigenvalue weighted by molar-refractivity contribution is 7.17. The summed E-state index contributed by atoms with van der Waals surface area (Å²) >= 11 is 3.57. The molecule has 3 nitrogen and oxygen atoms in total. The van der Waals surface area contributed by atoms with Crippen LogP contribution in [0.25, 0.3) is 4.96 Å². The van der Waals surface area contributed by atoms with Crippen LogP contribution in [0.15, 0.2) is 23.7 Å². The fourth-order valence-corrected chi connectivity index (χ4v) is 4.25. The van der Waals surface area contributed by atoms with Crippen LogP contribution in [0.4, 0.5) is 0 Å². The lowest BCUT2D eigenvalue weighted by Crippen LogP contribution is -2.20. The zero-order valence-corrected chi connectivity index (χ0v) is 13.6. The number of imidazole rings is 1. The zero-order chi connectivity index (χ0) is 14.1. The zero-order valence-electron chi connectivity index (χ0n) is 12.0. The summed E-state index contributed by atoms with van der Waals surface area (Å²) < 4.78 is 2.23. The van der Waals surface area contributed by atoms with Gasteiger partial charge in [-0.25, -0.2) is 4.98 Å². The molecule has 3 rings (SSSR count). The maximum Gasteiger partial charge on any atom is 0.194 e. The fraction of sp³-hybridized carbons (Fsp3) is 0.400. The smallest absolute Gasteiger partial charge is 0.194 e. The average molecular weight is 305 g/mol. The number of nitrogens with zero attached hydrogens (tertiary/aromatic N) is 2. The van der Waals surface area contributed by atoms with E-state index in [4.69, 9.17) is 0 Å². The van der Waals surface area contributed by atoms with Crippen molar-refractivity contribution in [2.24, 2.45) is 0 Å². The van der Waals surface area contributed by atoms with Crippen molar-refractivity contribution in [3.05, 3.63) is 44.9 Å². The first-order chi connectivity index (χ1) is 9.69. The van der Waals surface area contributed by atoms with Gasteiger partial charge in [0.05, 0.1) is 11.4 Å². The van der Waals surface area contributed by atoms with Gasteiger partial charge in [0.1, 0.15) is 0 Å². The highest BCUT2D eigenvalue weighted by Gasteiger charge is 2.14. The van der Waals surface area contributed by atoms with Crippen molar-refractivity contribution < 1.29 is 0 Å². The van der Waals surface area contributed by atoms with E-state index in [1.165, 1.54) is 15.4 Å². The topological polar surface area (TPSA) is 29.3 Å². The SMILES string of the molecule is CCC(NCc1c(C)nc2sc(C)cn12)c1cccs1. The molecular formula is C15H19N3S2. The van der Waals surface area contributed by atoms with Crippen LogP contribution in [-0.4, -0.2) is 9.38 Å². The van der Waals surface area contributed by atoms with Crippen LogP contribution in [0.2, 0.25) is 0 Å². The minimum Gasteiger partial charge on any atom is -0.304 e. The Labute approximate surface area is 127 Å². The van der Waals surface area contributed by atoms with Crippen molar-refractivity contribution in [2.75, 3.05) is 0 Å². The summed E-state index contributed by atoms with van der Waals surface area (Å²) in [7, 11) is 0. The largest absolute Gasteiger partial charge is 0.304 e. The van der Waals surface area contributed by atoms with Crippen molar-refractivity contribution in [2.45, 2.75) is 39.8 Å². The molecule has 0 aliphatic carbocycles. The molecule has 0 bridgehead atoms. The van der Waals surface area contributed by atoms with Crippen LogP contribution in [0.3, 0.4) is 0 Å². The molecule has 0 aromatic carbocycles. The number of fused-ring (bicyclic) bond motifs is 1. The third kappa shape index (κ3) is 2.53. The van der Waals surface area contributed by atoms with Gasteiger partial charge in [-0.15, -0.1) is 22.7 Å². The first kappa shape index (κ1) is 13.8. The van der Waals surface area contributed by atoms with Gasteiger partial charge in [-0.3, -0.25) is 4.40 Å². The molecule has 5 heteroatoms. The van der Waals surface area contributed by atoms with Crippen LogP contribution in [0, 0.1) is 13.8 Å². The molecular weight excluding hydrogens is 286 g/mol. The Morgan fingerprint density at radius 3 is 2.95 bits per heavy atom. The summed E-state index contributed by atoms with van der Waals surface area (Å²) in [6.45, 7) is 7.31. The summed E-state index contributed by atoms with van der Waals surface area (Å²) in [5.74, 6) is 0. The average Bonchev–Trinajstić information content (AvgIpc) is 3.09. The minimum atomic E-state index is 0.430. The summed E-state index contributed by atoms with van der Waals surface area (Å²) in [5.41, 5.74) is 2.41. The van der Waals surface area contributed by atoms with Gasteiger partial charge in [0.15, 0.2) is 4.96 Å². The molecule has 3 aromatic rings. The highest BCUT2D eigenvalue weighted by atomic mass is 32.1. The molecule has 0 spiro atoms. The number of hydrogen-bond acceptors (Lipinski definition) is 4. The van der Waals surface area contributed by atoms with E-state index >= 15 is 0 Å². The second kappa shape index (κ2) is 5.68. The van der Waals surface area contributed by atoms with E-state index in [1.54, 1.807) is 11.3 Å². The van der Waals surface area contributed by atoms with Crippen LogP contribution in [-0.2, 0) is 6.54 Å². The maximum absolute atomic E-state index is 4.64. The Bertz CT molecular complexity index is 694. The molecule has 1 unspecified atom stereocenters. The fourth-order valence-electron chi connectivity index (χ4n) is 2.48. The summed E-state index contributed by atoms with van der Waals surface area (Å²) in [6.07, 6.45) is 3.29. The number of rotatable bonds is 5. The van der Waals surface area contributed by atoms with Gasteiger partial charge in [-0.1, -0.05) is 13.0 Å². The number of thiazole rings is 1. The Balaban J connectivity index is 1.80. The third-order valence-corrected chi connectivity index (χ3v) is 5.44. The molecule has 3 aromatic heterocycles. The maximum atomic E-state index is 4.64. The van der Waals surface area contributed by atoms with E-state index in [0.29, 0.717) is 6.04 Å². The molecule has 0 aliphatic heterocycles. The van der Waals surface area contributed by atoms with E-state index in [0.717, 1.165) is 23.6 Å². The van der Waals surface area contributed by atoms with E-state index < -0.39 is 0 Å². The van der Waals surface area contributed by atoms with Crippen LogP contribution in [0.1, 0.15) is 40.5 Å². The molecule has 0 fully saturated rings. The molecule has 0 radical (unpaired) electrons. The van der Waals surface area contributed by atoms with Gasteiger partial charge in [-0.05, 0) is 31.7 Å². The first-order valence-corrected chi connectivity index (χ1v) is 8.59. The van der Waals surface area contributed by atoms with Gasteiger partial charge in [-0.2, -0.15) is 0 Å². The van der Waals surface area contributed by atoms with E-state index in [-0.39, 0.29) is 0 Å². The molecule has 1 N–H and O–H groups in total. The molecule has 0 saturated heterocycles. The lowest BCUT2D eigenvalue weighted by atomic mass is 10.2. The van der Waals surface area contributed by atoms with Gasteiger partial charge in [0, 0.05) is 28.5 Å². The van der Waals surface area contributed by atoms with Crippen molar-refractivity contribution in [1.29, 1.82) is 0 Å². The van der Waals surface area contributed by atoms with Crippen molar-refractivity contribution in [1.82, 2.24) is 14.7 Å². The monoisotopic (exact) mass is 305 g/mol. The molecule has 0 amide bonds. The molecule has 3 heterocycles. The van der Waals surface area contributed by atoms with Gasteiger partial charge in [0.25, 0.3) is 0 Å². The van der Waals surface area contributed by atoms with Gasteiger partial charge < -0.3 is 5.32 Å². The van der Waals surface area contributed by atoms with Crippen LogP contribution < -0.4 is 5.32 Å². The molecule has 1 atom stereocenters. The quantitative estimate of drug-likeness (QED) is 0.761. The Morgan fingerprint density at radius 1 is 1.40 bits per heavy atom. The second-order valence-corrected chi connectivity index (χ2v) is 7.19. The predicted molar refractivity (Wildman–Crippen MR) is 86.7 cm³/mol. The van der Waals surface area contributed by atoms with E-state index in [1.807, 2.05) is 11.3 Å². The predicted octanol–water partition coefficient (Wildman–Crippen LogP) is 4.32. The highest BCUT2D eigenvalue weighted by Crippen LogP contribution is 2.24. The minimum absolute atomic E-state index is 0.430.